The first kappa shape index (κ1) is 11.3. The number of aromatic nitrogens is 3. The molecule has 0 amide bonds. The molecular formula is C11H10N4O4. The maximum atomic E-state index is 10.9. The minimum absolute atomic E-state index is 0.0378. The SMILES string of the molecule is Nc1c(C(=O)O)nnn1-c1ccc2c(c1)OCCO2. The van der Waals surface area contributed by atoms with Gasteiger partial charge in [-0.15, -0.1) is 5.10 Å². The van der Waals surface area contributed by atoms with E-state index in [1.807, 2.05) is 0 Å². The maximum absolute atomic E-state index is 10.9. The summed E-state index contributed by atoms with van der Waals surface area (Å²) in [5.74, 6) is -0.0619. The highest BCUT2D eigenvalue weighted by molar-refractivity contribution is 5.90. The molecule has 98 valence electrons. The Bertz CT molecular complexity index is 652. The van der Waals surface area contributed by atoms with Gasteiger partial charge in [0, 0.05) is 6.07 Å². The number of aromatic carboxylic acids is 1. The van der Waals surface area contributed by atoms with Crippen LogP contribution in [0, 0.1) is 0 Å². The summed E-state index contributed by atoms with van der Waals surface area (Å²) in [5, 5.41) is 16.1. The van der Waals surface area contributed by atoms with Crippen molar-refractivity contribution in [1.29, 1.82) is 0 Å². The molecule has 0 saturated carbocycles. The lowest BCUT2D eigenvalue weighted by atomic mass is 10.2. The van der Waals surface area contributed by atoms with Crippen LogP contribution in [-0.4, -0.2) is 39.3 Å². The minimum atomic E-state index is -1.22. The van der Waals surface area contributed by atoms with Crippen molar-refractivity contribution in [3.8, 4) is 17.2 Å². The number of benzene rings is 1. The number of rotatable bonds is 2. The normalized spacial score (nSPS) is 13.3. The summed E-state index contributed by atoms with van der Waals surface area (Å²) in [7, 11) is 0. The Morgan fingerprint density at radius 2 is 2.05 bits per heavy atom. The third-order valence-electron chi connectivity index (χ3n) is 2.68. The Hall–Kier alpha value is -2.77. The number of hydrogen-bond donors (Lipinski definition) is 2. The van der Waals surface area contributed by atoms with Gasteiger partial charge >= 0.3 is 5.97 Å². The van der Waals surface area contributed by atoms with Gasteiger partial charge in [0.25, 0.3) is 0 Å². The van der Waals surface area contributed by atoms with Gasteiger partial charge in [0.15, 0.2) is 17.3 Å². The summed E-state index contributed by atoms with van der Waals surface area (Å²) in [5.41, 5.74) is 5.97. The first-order chi connectivity index (χ1) is 9.16. The Balaban J connectivity index is 2.05. The predicted molar refractivity (Wildman–Crippen MR) is 63.7 cm³/mol. The average Bonchev–Trinajstić information content (AvgIpc) is 2.80. The van der Waals surface area contributed by atoms with Crippen LogP contribution in [0.2, 0.25) is 0 Å². The second kappa shape index (κ2) is 4.16. The summed E-state index contributed by atoms with van der Waals surface area (Å²) in [4.78, 5) is 10.9. The first-order valence-corrected chi connectivity index (χ1v) is 5.51. The van der Waals surface area contributed by atoms with Gasteiger partial charge in [-0.05, 0) is 12.1 Å². The van der Waals surface area contributed by atoms with E-state index in [1.54, 1.807) is 18.2 Å². The Labute approximate surface area is 107 Å². The third-order valence-corrected chi connectivity index (χ3v) is 2.68. The van der Waals surface area contributed by atoms with Crippen LogP contribution in [0.4, 0.5) is 5.82 Å². The summed E-state index contributed by atoms with van der Waals surface area (Å²) >= 11 is 0. The number of ether oxygens (including phenoxy) is 2. The molecule has 8 nitrogen and oxygen atoms in total. The van der Waals surface area contributed by atoms with E-state index < -0.39 is 5.97 Å². The molecular weight excluding hydrogens is 252 g/mol. The molecule has 0 aliphatic carbocycles. The number of nitrogens with zero attached hydrogens (tertiary/aromatic N) is 3. The van der Waals surface area contributed by atoms with E-state index in [0.29, 0.717) is 30.4 Å². The van der Waals surface area contributed by atoms with Crippen molar-refractivity contribution in [2.75, 3.05) is 18.9 Å². The van der Waals surface area contributed by atoms with E-state index in [-0.39, 0.29) is 11.5 Å². The molecule has 1 aromatic carbocycles. The minimum Gasteiger partial charge on any atom is -0.486 e. The van der Waals surface area contributed by atoms with Crippen molar-refractivity contribution in [1.82, 2.24) is 15.0 Å². The van der Waals surface area contributed by atoms with E-state index in [0.717, 1.165) is 0 Å². The first-order valence-electron chi connectivity index (χ1n) is 5.51. The molecule has 0 unspecified atom stereocenters. The van der Waals surface area contributed by atoms with Gasteiger partial charge in [-0.2, -0.15) is 4.68 Å². The lowest BCUT2D eigenvalue weighted by Crippen LogP contribution is -2.15. The molecule has 0 bridgehead atoms. The zero-order valence-electron chi connectivity index (χ0n) is 9.74. The largest absolute Gasteiger partial charge is 0.486 e. The molecule has 0 atom stereocenters. The van der Waals surface area contributed by atoms with E-state index in [1.165, 1.54) is 4.68 Å². The van der Waals surface area contributed by atoms with Crippen molar-refractivity contribution >= 4 is 11.8 Å². The fourth-order valence-electron chi connectivity index (χ4n) is 1.80. The van der Waals surface area contributed by atoms with Crippen LogP contribution in [0.5, 0.6) is 11.5 Å². The van der Waals surface area contributed by atoms with Gasteiger partial charge in [-0.25, -0.2) is 4.79 Å². The zero-order valence-corrected chi connectivity index (χ0v) is 9.74. The van der Waals surface area contributed by atoms with Crippen molar-refractivity contribution in [3.63, 3.8) is 0 Å². The quantitative estimate of drug-likeness (QED) is 0.801. The second-order valence-electron chi connectivity index (χ2n) is 3.87. The molecule has 1 aromatic heterocycles. The fraction of sp³-hybridized carbons (Fsp3) is 0.182. The summed E-state index contributed by atoms with van der Waals surface area (Å²) in [6, 6.07) is 5.08. The van der Waals surface area contributed by atoms with Crippen LogP contribution < -0.4 is 15.2 Å². The van der Waals surface area contributed by atoms with Gasteiger partial charge in [-0.1, -0.05) is 5.21 Å². The lowest BCUT2D eigenvalue weighted by Gasteiger charge is -2.18. The molecule has 19 heavy (non-hydrogen) atoms. The summed E-state index contributed by atoms with van der Waals surface area (Å²) in [6.07, 6.45) is 0. The number of carboxylic acids is 1. The summed E-state index contributed by atoms with van der Waals surface area (Å²) in [6.45, 7) is 0.963. The van der Waals surface area contributed by atoms with Crippen LogP contribution >= 0.6 is 0 Å². The van der Waals surface area contributed by atoms with Crippen LogP contribution in [0.25, 0.3) is 5.69 Å². The Kier molecular flexibility index (Phi) is 2.48. The molecule has 2 heterocycles. The Morgan fingerprint density at radius 3 is 2.74 bits per heavy atom. The van der Waals surface area contributed by atoms with E-state index in [4.69, 9.17) is 20.3 Å². The number of carboxylic acid groups (broad SMARTS) is 1. The smallest absolute Gasteiger partial charge is 0.360 e. The maximum Gasteiger partial charge on any atom is 0.360 e. The Morgan fingerprint density at radius 1 is 1.32 bits per heavy atom. The highest BCUT2D eigenvalue weighted by Crippen LogP contribution is 2.32. The molecule has 1 aliphatic heterocycles. The zero-order chi connectivity index (χ0) is 13.4. The van der Waals surface area contributed by atoms with Crippen LogP contribution in [0.1, 0.15) is 10.5 Å². The topological polar surface area (TPSA) is 112 Å². The van der Waals surface area contributed by atoms with Crippen molar-refractivity contribution in [3.05, 3.63) is 23.9 Å². The highest BCUT2D eigenvalue weighted by atomic mass is 16.6. The molecule has 3 rings (SSSR count). The van der Waals surface area contributed by atoms with Crippen molar-refractivity contribution < 1.29 is 19.4 Å². The monoisotopic (exact) mass is 262 g/mol. The molecule has 1 aliphatic rings. The van der Waals surface area contributed by atoms with Crippen LogP contribution in [0.15, 0.2) is 18.2 Å². The molecule has 2 aromatic rings. The molecule has 0 radical (unpaired) electrons. The highest BCUT2D eigenvalue weighted by Gasteiger charge is 2.19. The number of nitrogen functional groups attached to an aromatic ring is 1. The lowest BCUT2D eigenvalue weighted by molar-refractivity contribution is 0.0691. The van der Waals surface area contributed by atoms with Crippen LogP contribution in [-0.2, 0) is 0 Å². The number of carbonyl (C=O) groups is 1. The number of hydrogen-bond acceptors (Lipinski definition) is 6. The van der Waals surface area contributed by atoms with Crippen LogP contribution in [0.3, 0.4) is 0 Å². The predicted octanol–water partition coefficient (Wildman–Crippen LogP) is 0.319. The van der Waals surface area contributed by atoms with Crippen molar-refractivity contribution in [2.24, 2.45) is 0 Å². The number of fused-ring (bicyclic) bond motifs is 1. The number of anilines is 1. The standard InChI is InChI=1S/C11H10N4O4/c12-10-9(11(16)17)13-14-15(10)6-1-2-7-8(5-6)19-4-3-18-7/h1-2,5H,3-4,12H2,(H,16,17). The van der Waals surface area contributed by atoms with Gasteiger partial charge in [0.1, 0.15) is 13.2 Å². The fourth-order valence-corrected chi connectivity index (χ4v) is 1.80. The number of nitrogens with two attached hydrogens (primary N) is 1. The average molecular weight is 262 g/mol. The molecule has 8 heteroatoms. The molecule has 0 fully saturated rings. The van der Waals surface area contributed by atoms with Gasteiger partial charge in [0.2, 0.25) is 5.69 Å². The van der Waals surface area contributed by atoms with Crippen molar-refractivity contribution in [2.45, 2.75) is 0 Å². The van der Waals surface area contributed by atoms with E-state index in [2.05, 4.69) is 10.3 Å². The van der Waals surface area contributed by atoms with Gasteiger partial charge in [-0.3, -0.25) is 0 Å². The van der Waals surface area contributed by atoms with E-state index in [9.17, 15) is 4.79 Å². The molecule has 3 N–H and O–H groups in total. The molecule has 0 spiro atoms. The third kappa shape index (κ3) is 1.82. The van der Waals surface area contributed by atoms with Gasteiger partial charge < -0.3 is 20.3 Å². The van der Waals surface area contributed by atoms with E-state index >= 15 is 0 Å². The summed E-state index contributed by atoms with van der Waals surface area (Å²) < 4.78 is 12.1. The molecule has 0 saturated heterocycles. The van der Waals surface area contributed by atoms with Gasteiger partial charge in [0.05, 0.1) is 5.69 Å². The second-order valence-corrected chi connectivity index (χ2v) is 3.87.